The largest absolute Gasteiger partial charge is 0.386 e. The van der Waals surface area contributed by atoms with Gasteiger partial charge in [-0.25, -0.2) is 5.10 Å². The molecule has 0 bridgehead atoms. The average molecular weight is 265 g/mol. The fourth-order valence-corrected chi connectivity index (χ4v) is 2.47. The summed E-state index contributed by atoms with van der Waals surface area (Å²) in [7, 11) is 0. The van der Waals surface area contributed by atoms with Crippen molar-refractivity contribution in [1.82, 2.24) is 15.1 Å². The Labute approximate surface area is 111 Å². The van der Waals surface area contributed by atoms with Crippen molar-refractivity contribution in [2.45, 2.75) is 39.2 Å². The number of aromatic nitrogens is 2. The maximum Gasteiger partial charge on any atom is 0.277 e. The smallest absolute Gasteiger partial charge is 0.277 e. The van der Waals surface area contributed by atoms with Crippen LogP contribution in [0.4, 0.5) is 0 Å². The minimum atomic E-state index is -0.785. The Bertz CT molecular complexity index is 559. The van der Waals surface area contributed by atoms with Crippen LogP contribution in [0.15, 0.2) is 4.79 Å². The number of aryl methyl sites for hydroxylation is 1. The first-order valence-corrected chi connectivity index (χ1v) is 6.45. The van der Waals surface area contributed by atoms with E-state index in [1.165, 1.54) is 4.90 Å². The zero-order valence-corrected chi connectivity index (χ0v) is 11.5. The minimum absolute atomic E-state index is 0.131. The lowest BCUT2D eigenvalue weighted by Crippen LogP contribution is -2.63. The van der Waals surface area contributed by atoms with Gasteiger partial charge in [0.05, 0.1) is 24.4 Å². The molecule has 0 aromatic carbocycles. The molecular weight excluding hydrogens is 246 g/mol. The maximum absolute atomic E-state index is 12.3. The molecule has 0 radical (unpaired) electrons. The van der Waals surface area contributed by atoms with Crippen LogP contribution in [0.25, 0.3) is 0 Å². The molecule has 6 heteroatoms. The van der Waals surface area contributed by atoms with E-state index >= 15 is 0 Å². The van der Waals surface area contributed by atoms with Gasteiger partial charge in [0.1, 0.15) is 5.56 Å². The van der Waals surface area contributed by atoms with E-state index in [0.717, 1.165) is 6.42 Å². The van der Waals surface area contributed by atoms with Gasteiger partial charge in [0.2, 0.25) is 0 Å². The lowest BCUT2D eigenvalue weighted by molar-refractivity contribution is -0.0860. The number of amides is 1. The molecule has 1 aromatic rings. The van der Waals surface area contributed by atoms with Crippen LogP contribution < -0.4 is 5.56 Å². The van der Waals surface area contributed by atoms with Crippen LogP contribution in [0.5, 0.6) is 0 Å². The van der Waals surface area contributed by atoms with Crippen molar-refractivity contribution in [1.29, 1.82) is 0 Å². The number of rotatable bonds is 3. The Morgan fingerprint density at radius 3 is 2.68 bits per heavy atom. The standard InChI is InChI=1S/C13H19N3O3/c1-4-5-13(19)6-16(7-13)12(18)10-8(2)9(3)14-15-11(10)17/h19H,4-7H2,1-3H3,(H,15,17). The highest BCUT2D eigenvalue weighted by Gasteiger charge is 2.43. The van der Waals surface area contributed by atoms with Crippen molar-refractivity contribution in [3.63, 3.8) is 0 Å². The number of hydrogen-bond donors (Lipinski definition) is 2. The highest BCUT2D eigenvalue weighted by molar-refractivity contribution is 5.96. The molecule has 0 unspecified atom stereocenters. The number of aromatic amines is 1. The summed E-state index contributed by atoms with van der Waals surface area (Å²) in [6.45, 7) is 6.03. The van der Waals surface area contributed by atoms with E-state index in [-0.39, 0.29) is 11.5 Å². The van der Waals surface area contributed by atoms with Crippen LogP contribution in [0.2, 0.25) is 0 Å². The van der Waals surface area contributed by atoms with Gasteiger partial charge >= 0.3 is 0 Å². The topological polar surface area (TPSA) is 86.3 Å². The summed E-state index contributed by atoms with van der Waals surface area (Å²) >= 11 is 0. The van der Waals surface area contributed by atoms with E-state index in [2.05, 4.69) is 10.2 Å². The number of H-pyrrole nitrogens is 1. The van der Waals surface area contributed by atoms with Gasteiger partial charge in [-0.1, -0.05) is 13.3 Å². The number of carbonyl (C=O) groups is 1. The second-order valence-electron chi connectivity index (χ2n) is 5.27. The van der Waals surface area contributed by atoms with Crippen molar-refractivity contribution in [2.24, 2.45) is 0 Å². The van der Waals surface area contributed by atoms with Crippen LogP contribution in [-0.4, -0.2) is 44.8 Å². The lowest BCUT2D eigenvalue weighted by atomic mass is 9.88. The molecule has 1 fully saturated rings. The van der Waals surface area contributed by atoms with Crippen LogP contribution in [-0.2, 0) is 0 Å². The summed E-state index contributed by atoms with van der Waals surface area (Å²) in [5.74, 6) is -0.329. The first-order chi connectivity index (χ1) is 8.88. The zero-order chi connectivity index (χ0) is 14.2. The van der Waals surface area contributed by atoms with Gasteiger partial charge in [-0.3, -0.25) is 9.59 Å². The first kappa shape index (κ1) is 13.7. The quantitative estimate of drug-likeness (QED) is 0.827. The second kappa shape index (κ2) is 4.77. The van der Waals surface area contributed by atoms with Gasteiger partial charge in [-0.2, -0.15) is 5.10 Å². The average Bonchev–Trinajstić information content (AvgIpc) is 2.31. The summed E-state index contributed by atoms with van der Waals surface area (Å²) in [6, 6.07) is 0. The molecule has 1 amide bonds. The molecule has 2 N–H and O–H groups in total. The van der Waals surface area contributed by atoms with E-state index in [4.69, 9.17) is 0 Å². The third-order valence-electron chi connectivity index (χ3n) is 3.66. The molecule has 0 saturated carbocycles. The first-order valence-electron chi connectivity index (χ1n) is 6.45. The van der Waals surface area contributed by atoms with Gasteiger partial charge in [-0.05, 0) is 25.8 Å². The molecule has 1 aromatic heterocycles. The van der Waals surface area contributed by atoms with Crippen LogP contribution in [0.1, 0.15) is 41.4 Å². The highest BCUT2D eigenvalue weighted by atomic mass is 16.3. The monoisotopic (exact) mass is 265 g/mol. The Morgan fingerprint density at radius 1 is 1.47 bits per heavy atom. The van der Waals surface area contributed by atoms with Gasteiger partial charge in [0.25, 0.3) is 11.5 Å². The molecule has 0 aliphatic carbocycles. The fraction of sp³-hybridized carbons (Fsp3) is 0.615. The Kier molecular flexibility index (Phi) is 3.45. The number of aliphatic hydroxyl groups is 1. The number of likely N-dealkylation sites (tertiary alicyclic amines) is 1. The molecular formula is C13H19N3O3. The van der Waals surface area contributed by atoms with E-state index < -0.39 is 11.2 Å². The van der Waals surface area contributed by atoms with Gasteiger partial charge < -0.3 is 10.0 Å². The number of β-amino-alcohol motifs (C(OH)–C–C–N with tert-alkyl or cyclic N) is 1. The SMILES string of the molecule is CCCC1(O)CN(C(=O)c2c(C)c(C)n[nH]c2=O)C1. The molecule has 0 atom stereocenters. The van der Waals surface area contributed by atoms with Crippen molar-refractivity contribution in [3.8, 4) is 0 Å². The fourth-order valence-electron chi connectivity index (χ4n) is 2.47. The summed E-state index contributed by atoms with van der Waals surface area (Å²) in [6.07, 6.45) is 1.54. The second-order valence-corrected chi connectivity index (χ2v) is 5.27. The summed E-state index contributed by atoms with van der Waals surface area (Å²) < 4.78 is 0. The Morgan fingerprint density at radius 2 is 2.11 bits per heavy atom. The van der Waals surface area contributed by atoms with Crippen molar-refractivity contribution in [3.05, 3.63) is 27.2 Å². The number of hydrogen-bond acceptors (Lipinski definition) is 4. The summed E-state index contributed by atoms with van der Waals surface area (Å²) in [5, 5.41) is 16.2. The van der Waals surface area contributed by atoms with Crippen molar-refractivity contribution in [2.75, 3.05) is 13.1 Å². The summed E-state index contributed by atoms with van der Waals surface area (Å²) in [4.78, 5) is 25.5. The Balaban J connectivity index is 2.20. The lowest BCUT2D eigenvalue weighted by Gasteiger charge is -2.46. The third-order valence-corrected chi connectivity index (χ3v) is 3.66. The molecule has 0 spiro atoms. The van der Waals surface area contributed by atoms with Gasteiger partial charge in [-0.15, -0.1) is 0 Å². The van der Waals surface area contributed by atoms with E-state index in [1.807, 2.05) is 6.92 Å². The predicted molar refractivity (Wildman–Crippen MR) is 70.1 cm³/mol. The zero-order valence-electron chi connectivity index (χ0n) is 11.5. The van der Waals surface area contributed by atoms with Crippen molar-refractivity contribution < 1.29 is 9.90 Å². The highest BCUT2D eigenvalue weighted by Crippen LogP contribution is 2.27. The number of nitrogens with one attached hydrogen (secondary N) is 1. The van der Waals surface area contributed by atoms with E-state index in [1.54, 1.807) is 13.8 Å². The van der Waals surface area contributed by atoms with Crippen LogP contribution in [0, 0.1) is 13.8 Å². The van der Waals surface area contributed by atoms with Gasteiger partial charge in [0.15, 0.2) is 0 Å². The minimum Gasteiger partial charge on any atom is -0.386 e. The third kappa shape index (κ3) is 2.40. The number of nitrogens with zero attached hydrogens (tertiary/aromatic N) is 2. The molecule has 104 valence electrons. The van der Waals surface area contributed by atoms with E-state index in [9.17, 15) is 14.7 Å². The normalized spacial score (nSPS) is 17.2. The molecule has 1 saturated heterocycles. The summed E-state index contributed by atoms with van der Waals surface area (Å²) in [5.41, 5.74) is 0.102. The predicted octanol–water partition coefficient (Wildman–Crippen LogP) is 0.374. The molecule has 1 aliphatic heterocycles. The molecule has 19 heavy (non-hydrogen) atoms. The molecule has 6 nitrogen and oxygen atoms in total. The Hall–Kier alpha value is -1.69. The number of carbonyl (C=O) groups excluding carboxylic acids is 1. The molecule has 2 rings (SSSR count). The van der Waals surface area contributed by atoms with Crippen LogP contribution >= 0.6 is 0 Å². The van der Waals surface area contributed by atoms with E-state index in [0.29, 0.717) is 30.8 Å². The molecule has 2 heterocycles. The van der Waals surface area contributed by atoms with Gasteiger partial charge in [0, 0.05) is 0 Å². The molecule has 1 aliphatic rings. The van der Waals surface area contributed by atoms with Crippen molar-refractivity contribution >= 4 is 5.91 Å². The van der Waals surface area contributed by atoms with Crippen LogP contribution in [0.3, 0.4) is 0 Å². The maximum atomic E-state index is 12.3.